The van der Waals surface area contributed by atoms with Crippen molar-refractivity contribution in [3.05, 3.63) is 60.2 Å². The molecule has 4 aromatic rings. The number of hydrogen-bond donors (Lipinski definition) is 1. The van der Waals surface area contributed by atoms with E-state index in [2.05, 4.69) is 20.3 Å². The minimum atomic E-state index is 0.409. The Morgan fingerprint density at radius 3 is 2.65 bits per heavy atom. The Hall–Kier alpha value is -3.41. The quantitative estimate of drug-likeness (QED) is 0.576. The van der Waals surface area contributed by atoms with E-state index in [1.54, 1.807) is 0 Å². The molecule has 2 aromatic carbocycles. The van der Waals surface area contributed by atoms with E-state index >= 15 is 0 Å². The van der Waals surface area contributed by atoms with Gasteiger partial charge in [-0.15, -0.1) is 0 Å². The summed E-state index contributed by atoms with van der Waals surface area (Å²) in [6, 6.07) is 17.7. The summed E-state index contributed by atoms with van der Waals surface area (Å²) in [4.78, 5) is 4.47. The molecule has 130 valence electrons. The maximum atomic E-state index is 5.46. The number of aromatic nitrogens is 4. The van der Waals surface area contributed by atoms with Gasteiger partial charge in [0.2, 0.25) is 5.82 Å². The van der Waals surface area contributed by atoms with Gasteiger partial charge in [-0.3, -0.25) is 5.10 Å². The fourth-order valence-corrected chi connectivity index (χ4v) is 2.70. The number of H-pyrrole nitrogens is 1. The van der Waals surface area contributed by atoms with Crippen LogP contribution in [-0.4, -0.2) is 26.9 Å². The van der Waals surface area contributed by atoms with Crippen LogP contribution in [0.4, 0.5) is 0 Å². The van der Waals surface area contributed by atoms with Crippen LogP contribution in [0, 0.1) is 6.92 Å². The van der Waals surface area contributed by atoms with Gasteiger partial charge in [-0.1, -0.05) is 28.9 Å². The Kier molecular flexibility index (Phi) is 4.23. The lowest BCUT2D eigenvalue weighted by molar-refractivity contribution is 0.340. The molecule has 0 spiro atoms. The monoisotopic (exact) mass is 346 g/mol. The SMILES string of the molecule is CCOc1ccc(-c2cc(-c3nc(-c4cccc(C)c4)no3)[nH]n2)cc1. The van der Waals surface area contributed by atoms with Crippen LogP contribution in [0.2, 0.25) is 0 Å². The number of hydrogen-bond acceptors (Lipinski definition) is 5. The van der Waals surface area contributed by atoms with Crippen molar-refractivity contribution in [2.45, 2.75) is 13.8 Å². The lowest BCUT2D eigenvalue weighted by Crippen LogP contribution is -1.90. The molecule has 0 aliphatic rings. The number of aryl methyl sites for hydroxylation is 1. The van der Waals surface area contributed by atoms with Crippen LogP contribution in [0.5, 0.6) is 5.75 Å². The van der Waals surface area contributed by atoms with E-state index in [0.717, 1.165) is 28.1 Å². The highest BCUT2D eigenvalue weighted by Gasteiger charge is 2.14. The molecule has 6 nitrogen and oxygen atoms in total. The molecule has 0 unspecified atom stereocenters. The molecule has 0 aliphatic carbocycles. The van der Waals surface area contributed by atoms with Crippen molar-refractivity contribution in [3.63, 3.8) is 0 Å². The molecule has 0 bridgehead atoms. The Morgan fingerprint density at radius 1 is 1.04 bits per heavy atom. The lowest BCUT2D eigenvalue weighted by Gasteiger charge is -2.02. The smallest absolute Gasteiger partial charge is 0.276 e. The first-order valence-corrected chi connectivity index (χ1v) is 8.42. The summed E-state index contributed by atoms with van der Waals surface area (Å²) in [5.74, 6) is 1.80. The van der Waals surface area contributed by atoms with Gasteiger partial charge < -0.3 is 9.26 Å². The van der Waals surface area contributed by atoms with Gasteiger partial charge in [0.1, 0.15) is 11.4 Å². The Morgan fingerprint density at radius 2 is 1.88 bits per heavy atom. The summed E-state index contributed by atoms with van der Waals surface area (Å²) >= 11 is 0. The fourth-order valence-electron chi connectivity index (χ4n) is 2.70. The highest BCUT2D eigenvalue weighted by molar-refractivity contribution is 5.66. The zero-order chi connectivity index (χ0) is 17.9. The molecule has 0 aliphatic heterocycles. The molecule has 0 atom stereocenters. The summed E-state index contributed by atoms with van der Waals surface area (Å²) in [7, 11) is 0. The van der Waals surface area contributed by atoms with Crippen LogP contribution in [0.15, 0.2) is 59.1 Å². The summed E-state index contributed by atoms with van der Waals surface area (Å²) in [6.45, 7) is 4.64. The van der Waals surface area contributed by atoms with E-state index in [0.29, 0.717) is 24.0 Å². The second-order valence-electron chi connectivity index (χ2n) is 5.92. The van der Waals surface area contributed by atoms with Crippen LogP contribution >= 0.6 is 0 Å². The molecule has 0 fully saturated rings. The summed E-state index contributed by atoms with van der Waals surface area (Å²) in [6.07, 6.45) is 0. The van der Waals surface area contributed by atoms with Crippen molar-refractivity contribution in [3.8, 4) is 40.0 Å². The summed E-state index contributed by atoms with van der Waals surface area (Å²) < 4.78 is 10.9. The third-order valence-electron chi connectivity index (χ3n) is 3.97. The molecule has 0 saturated heterocycles. The van der Waals surface area contributed by atoms with Gasteiger partial charge in [0.05, 0.1) is 12.3 Å². The first kappa shape index (κ1) is 16.1. The van der Waals surface area contributed by atoms with E-state index in [1.165, 1.54) is 0 Å². The topological polar surface area (TPSA) is 76.8 Å². The number of benzene rings is 2. The molecular weight excluding hydrogens is 328 g/mol. The Labute approximate surface area is 150 Å². The number of rotatable bonds is 5. The molecule has 0 saturated carbocycles. The highest BCUT2D eigenvalue weighted by Crippen LogP contribution is 2.26. The number of aromatic amines is 1. The lowest BCUT2D eigenvalue weighted by atomic mass is 10.1. The van der Waals surface area contributed by atoms with Crippen molar-refractivity contribution in [2.75, 3.05) is 6.61 Å². The fraction of sp³-hybridized carbons (Fsp3) is 0.150. The third kappa shape index (κ3) is 3.21. The second-order valence-corrected chi connectivity index (χ2v) is 5.92. The van der Waals surface area contributed by atoms with Crippen LogP contribution in [0.25, 0.3) is 34.2 Å². The van der Waals surface area contributed by atoms with Gasteiger partial charge in [0.15, 0.2) is 0 Å². The van der Waals surface area contributed by atoms with Gasteiger partial charge in [-0.2, -0.15) is 10.1 Å². The van der Waals surface area contributed by atoms with E-state index in [4.69, 9.17) is 9.26 Å². The molecule has 2 aromatic heterocycles. The van der Waals surface area contributed by atoms with Crippen molar-refractivity contribution >= 4 is 0 Å². The minimum Gasteiger partial charge on any atom is -0.494 e. The van der Waals surface area contributed by atoms with Crippen LogP contribution < -0.4 is 4.74 Å². The normalized spacial score (nSPS) is 10.8. The van der Waals surface area contributed by atoms with Gasteiger partial charge in [0, 0.05) is 11.1 Å². The van der Waals surface area contributed by atoms with Crippen LogP contribution in [0.3, 0.4) is 0 Å². The average molecular weight is 346 g/mol. The van der Waals surface area contributed by atoms with E-state index in [1.807, 2.05) is 68.4 Å². The van der Waals surface area contributed by atoms with E-state index in [9.17, 15) is 0 Å². The van der Waals surface area contributed by atoms with E-state index < -0.39 is 0 Å². The molecule has 26 heavy (non-hydrogen) atoms. The molecule has 0 radical (unpaired) electrons. The number of ether oxygens (including phenoxy) is 1. The molecule has 2 heterocycles. The predicted molar refractivity (Wildman–Crippen MR) is 98.7 cm³/mol. The molecule has 0 amide bonds. The first-order chi connectivity index (χ1) is 12.7. The zero-order valence-electron chi connectivity index (χ0n) is 14.6. The zero-order valence-corrected chi connectivity index (χ0v) is 14.6. The van der Waals surface area contributed by atoms with Gasteiger partial charge in [-0.05, 0) is 50.2 Å². The van der Waals surface area contributed by atoms with Crippen molar-refractivity contribution < 1.29 is 9.26 Å². The predicted octanol–water partition coefficient (Wildman–Crippen LogP) is 4.50. The molecule has 1 N–H and O–H groups in total. The standard InChI is InChI=1S/C20H18N4O2/c1-3-25-16-9-7-14(8-10-16)17-12-18(23-22-17)20-21-19(24-26-20)15-6-4-5-13(2)11-15/h4-12H,3H2,1-2H3,(H,22,23). The van der Waals surface area contributed by atoms with Crippen molar-refractivity contribution in [1.82, 2.24) is 20.3 Å². The van der Waals surface area contributed by atoms with Crippen LogP contribution in [0.1, 0.15) is 12.5 Å². The van der Waals surface area contributed by atoms with Crippen LogP contribution in [-0.2, 0) is 0 Å². The Bertz CT molecular complexity index is 1020. The van der Waals surface area contributed by atoms with Gasteiger partial charge in [-0.25, -0.2) is 0 Å². The molecular formula is C20H18N4O2. The number of nitrogens with zero attached hydrogens (tertiary/aromatic N) is 3. The molecule has 6 heteroatoms. The van der Waals surface area contributed by atoms with Crippen molar-refractivity contribution in [1.29, 1.82) is 0 Å². The summed E-state index contributed by atoms with van der Waals surface area (Å²) in [5, 5.41) is 11.4. The third-order valence-corrected chi connectivity index (χ3v) is 3.97. The maximum absolute atomic E-state index is 5.46. The van der Waals surface area contributed by atoms with Gasteiger partial charge in [0.25, 0.3) is 5.89 Å². The van der Waals surface area contributed by atoms with Gasteiger partial charge >= 0.3 is 0 Å². The van der Waals surface area contributed by atoms with E-state index in [-0.39, 0.29) is 0 Å². The Balaban J connectivity index is 1.58. The second kappa shape index (κ2) is 6.84. The molecule has 4 rings (SSSR count). The maximum Gasteiger partial charge on any atom is 0.276 e. The number of nitrogens with one attached hydrogen (secondary N) is 1. The highest BCUT2D eigenvalue weighted by atomic mass is 16.5. The minimum absolute atomic E-state index is 0.409. The van der Waals surface area contributed by atoms with Crippen molar-refractivity contribution in [2.24, 2.45) is 0 Å². The largest absolute Gasteiger partial charge is 0.494 e. The summed E-state index contributed by atoms with van der Waals surface area (Å²) in [5.41, 5.74) is 4.53. The average Bonchev–Trinajstić information content (AvgIpc) is 3.32. The first-order valence-electron chi connectivity index (χ1n) is 8.42.